The quantitative estimate of drug-likeness (QED) is 0.724. The van der Waals surface area contributed by atoms with E-state index in [1.165, 1.54) is 0 Å². The average Bonchev–Trinajstić information content (AvgIpc) is 2.87. The van der Waals surface area contributed by atoms with Crippen molar-refractivity contribution in [3.8, 4) is 0 Å². The molecule has 0 bridgehead atoms. The van der Waals surface area contributed by atoms with Crippen molar-refractivity contribution in [3.05, 3.63) is 16.1 Å². The highest BCUT2D eigenvalue weighted by molar-refractivity contribution is 7.09. The zero-order chi connectivity index (χ0) is 15.9. The topological polar surface area (TPSA) is 74.2 Å². The summed E-state index contributed by atoms with van der Waals surface area (Å²) in [6, 6.07) is -0.148. The fourth-order valence-corrected chi connectivity index (χ4v) is 2.85. The average molecular weight is 313 g/mol. The molecule has 21 heavy (non-hydrogen) atoms. The van der Waals surface area contributed by atoms with Gasteiger partial charge >= 0.3 is 6.03 Å². The van der Waals surface area contributed by atoms with Gasteiger partial charge < -0.3 is 15.7 Å². The Bertz CT molecular complexity index is 440. The number of thiazole rings is 1. The van der Waals surface area contributed by atoms with E-state index in [0.29, 0.717) is 13.0 Å². The maximum Gasteiger partial charge on any atom is 0.315 e. The van der Waals surface area contributed by atoms with Gasteiger partial charge in [0.25, 0.3) is 0 Å². The van der Waals surface area contributed by atoms with E-state index in [0.717, 1.165) is 23.5 Å². The minimum absolute atomic E-state index is 0.0300. The molecule has 0 aliphatic rings. The number of carbonyl (C=O) groups is 1. The fraction of sp³-hybridized carbons (Fsp3) is 0.733. The van der Waals surface area contributed by atoms with Crippen molar-refractivity contribution in [1.29, 1.82) is 0 Å². The monoisotopic (exact) mass is 313 g/mol. The molecule has 3 N–H and O–H groups in total. The highest BCUT2D eigenvalue weighted by Gasteiger charge is 2.17. The summed E-state index contributed by atoms with van der Waals surface area (Å²) in [6.45, 7) is 9.08. The SMILES string of the molecule is CCC(CCO)NC(=O)NCCc1nc(C(C)(C)C)cs1. The number of aliphatic hydroxyl groups is 1. The number of nitrogens with zero attached hydrogens (tertiary/aromatic N) is 1. The first-order valence-corrected chi connectivity index (χ1v) is 8.35. The highest BCUT2D eigenvalue weighted by atomic mass is 32.1. The number of carbonyl (C=O) groups excluding carboxylic acids is 1. The summed E-state index contributed by atoms with van der Waals surface area (Å²) >= 11 is 1.64. The molecule has 0 aromatic carbocycles. The Hall–Kier alpha value is -1.14. The molecule has 0 aliphatic carbocycles. The van der Waals surface area contributed by atoms with Crippen molar-refractivity contribution >= 4 is 17.4 Å². The van der Waals surface area contributed by atoms with E-state index in [2.05, 4.69) is 41.8 Å². The van der Waals surface area contributed by atoms with Crippen LogP contribution in [0.25, 0.3) is 0 Å². The molecule has 6 heteroatoms. The van der Waals surface area contributed by atoms with Crippen LogP contribution in [0.5, 0.6) is 0 Å². The lowest BCUT2D eigenvalue weighted by Gasteiger charge is -2.16. The van der Waals surface area contributed by atoms with E-state index >= 15 is 0 Å². The van der Waals surface area contributed by atoms with Gasteiger partial charge in [-0.15, -0.1) is 11.3 Å². The van der Waals surface area contributed by atoms with E-state index in [1.807, 2.05) is 6.92 Å². The van der Waals surface area contributed by atoms with Gasteiger partial charge in [-0.1, -0.05) is 27.7 Å². The largest absolute Gasteiger partial charge is 0.396 e. The zero-order valence-electron chi connectivity index (χ0n) is 13.4. The predicted molar refractivity (Wildman–Crippen MR) is 86.8 cm³/mol. The molecule has 1 aromatic rings. The standard InChI is InChI=1S/C15H27N3O2S/c1-5-11(7-9-19)17-14(20)16-8-6-13-18-12(10-21-13)15(2,3)4/h10-11,19H,5-9H2,1-4H3,(H2,16,17,20). The smallest absolute Gasteiger partial charge is 0.315 e. The van der Waals surface area contributed by atoms with Gasteiger partial charge in [0.2, 0.25) is 0 Å². The molecule has 0 radical (unpaired) electrons. The summed E-state index contributed by atoms with van der Waals surface area (Å²) in [6.07, 6.45) is 2.14. The molecular formula is C15H27N3O2S. The van der Waals surface area contributed by atoms with E-state index in [1.54, 1.807) is 11.3 Å². The van der Waals surface area contributed by atoms with Gasteiger partial charge in [0.15, 0.2) is 0 Å². The van der Waals surface area contributed by atoms with Crippen LogP contribution in [0.1, 0.15) is 51.2 Å². The number of aliphatic hydroxyl groups excluding tert-OH is 1. The van der Waals surface area contributed by atoms with Gasteiger partial charge in [0.1, 0.15) is 0 Å². The number of rotatable bonds is 7. The summed E-state index contributed by atoms with van der Waals surface area (Å²) in [5, 5.41) is 17.7. The minimum atomic E-state index is -0.178. The molecular weight excluding hydrogens is 286 g/mol. The minimum Gasteiger partial charge on any atom is -0.396 e. The number of amides is 2. The first kappa shape index (κ1) is 17.9. The van der Waals surface area contributed by atoms with E-state index < -0.39 is 0 Å². The van der Waals surface area contributed by atoms with Crippen molar-refractivity contribution in [1.82, 2.24) is 15.6 Å². The normalized spacial score (nSPS) is 13.0. The Labute approximate surface area is 131 Å². The van der Waals surface area contributed by atoms with Gasteiger partial charge in [-0.3, -0.25) is 0 Å². The molecule has 1 unspecified atom stereocenters. The van der Waals surface area contributed by atoms with Crippen LogP contribution in [0, 0.1) is 0 Å². The van der Waals surface area contributed by atoms with Crippen molar-refractivity contribution in [2.45, 2.75) is 58.4 Å². The van der Waals surface area contributed by atoms with Crippen molar-refractivity contribution in [2.24, 2.45) is 0 Å². The molecule has 5 nitrogen and oxygen atoms in total. The molecule has 120 valence electrons. The Kier molecular flexibility index (Phi) is 7.11. The molecule has 1 atom stereocenters. The van der Waals surface area contributed by atoms with Crippen molar-refractivity contribution in [2.75, 3.05) is 13.2 Å². The third-order valence-electron chi connectivity index (χ3n) is 3.25. The molecule has 0 fully saturated rings. The van der Waals surface area contributed by atoms with Crippen LogP contribution in [0.4, 0.5) is 4.79 Å². The third-order valence-corrected chi connectivity index (χ3v) is 4.16. The first-order chi connectivity index (χ1) is 9.86. The number of nitrogens with one attached hydrogen (secondary N) is 2. The fourth-order valence-electron chi connectivity index (χ4n) is 1.82. The molecule has 0 aliphatic heterocycles. The Morgan fingerprint density at radius 2 is 2.19 bits per heavy atom. The third kappa shape index (κ3) is 6.44. The first-order valence-electron chi connectivity index (χ1n) is 7.47. The highest BCUT2D eigenvalue weighted by Crippen LogP contribution is 2.23. The Balaban J connectivity index is 2.33. The Morgan fingerprint density at radius 3 is 2.71 bits per heavy atom. The van der Waals surface area contributed by atoms with Gasteiger partial charge in [0.05, 0.1) is 10.7 Å². The van der Waals surface area contributed by atoms with Crippen LogP contribution >= 0.6 is 11.3 Å². The summed E-state index contributed by atoms with van der Waals surface area (Å²) in [5.74, 6) is 0. The lowest BCUT2D eigenvalue weighted by Crippen LogP contribution is -2.42. The van der Waals surface area contributed by atoms with Crippen LogP contribution in [0.15, 0.2) is 5.38 Å². The lowest BCUT2D eigenvalue weighted by atomic mass is 9.93. The zero-order valence-corrected chi connectivity index (χ0v) is 14.2. The number of aromatic nitrogens is 1. The molecule has 0 saturated carbocycles. The number of hydrogen-bond acceptors (Lipinski definition) is 4. The second kappa shape index (κ2) is 8.34. The van der Waals surface area contributed by atoms with E-state index in [9.17, 15) is 4.79 Å². The summed E-state index contributed by atoms with van der Waals surface area (Å²) in [4.78, 5) is 16.3. The predicted octanol–water partition coefficient (Wildman–Crippen LogP) is 2.44. The number of urea groups is 1. The second-order valence-electron chi connectivity index (χ2n) is 6.14. The summed E-state index contributed by atoms with van der Waals surface area (Å²) < 4.78 is 0. The maximum atomic E-state index is 11.7. The van der Waals surface area contributed by atoms with Crippen LogP contribution in [-0.4, -0.2) is 35.3 Å². The molecule has 0 saturated heterocycles. The van der Waals surface area contributed by atoms with E-state index in [4.69, 9.17) is 5.11 Å². The number of hydrogen-bond donors (Lipinski definition) is 3. The maximum absolute atomic E-state index is 11.7. The second-order valence-corrected chi connectivity index (χ2v) is 7.09. The summed E-state index contributed by atoms with van der Waals surface area (Å²) in [5.41, 5.74) is 1.17. The van der Waals surface area contributed by atoms with Gasteiger partial charge in [-0.05, 0) is 12.8 Å². The molecule has 1 aromatic heterocycles. The molecule has 1 heterocycles. The van der Waals surface area contributed by atoms with Crippen LogP contribution in [0.2, 0.25) is 0 Å². The van der Waals surface area contributed by atoms with Crippen LogP contribution in [-0.2, 0) is 11.8 Å². The van der Waals surface area contributed by atoms with Crippen LogP contribution in [0.3, 0.4) is 0 Å². The van der Waals surface area contributed by atoms with Crippen LogP contribution < -0.4 is 10.6 Å². The Morgan fingerprint density at radius 1 is 1.48 bits per heavy atom. The van der Waals surface area contributed by atoms with E-state index in [-0.39, 0.29) is 24.1 Å². The van der Waals surface area contributed by atoms with Crippen molar-refractivity contribution < 1.29 is 9.90 Å². The molecule has 0 spiro atoms. The molecule has 1 rings (SSSR count). The molecule has 2 amide bonds. The summed E-state index contributed by atoms with van der Waals surface area (Å²) in [7, 11) is 0. The van der Waals surface area contributed by atoms with Gasteiger partial charge in [-0.2, -0.15) is 0 Å². The van der Waals surface area contributed by atoms with Gasteiger partial charge in [0, 0.05) is 36.4 Å². The van der Waals surface area contributed by atoms with Crippen molar-refractivity contribution in [3.63, 3.8) is 0 Å². The van der Waals surface area contributed by atoms with Gasteiger partial charge in [-0.25, -0.2) is 9.78 Å². The lowest BCUT2D eigenvalue weighted by molar-refractivity contribution is 0.228.